The maximum Gasteiger partial charge on any atom is 0.197 e. The van der Waals surface area contributed by atoms with Gasteiger partial charge in [-0.1, -0.05) is 0 Å². The van der Waals surface area contributed by atoms with Crippen LogP contribution >= 0.6 is 15.9 Å². The predicted octanol–water partition coefficient (Wildman–Crippen LogP) is 1.21. The van der Waals surface area contributed by atoms with Gasteiger partial charge >= 0.3 is 0 Å². The average molecular weight is 240 g/mol. The number of rotatable bonds is 1. The van der Waals surface area contributed by atoms with Crippen molar-refractivity contribution in [1.82, 2.24) is 19.9 Å². The summed E-state index contributed by atoms with van der Waals surface area (Å²) in [4.78, 5) is 14.8. The summed E-state index contributed by atoms with van der Waals surface area (Å²) in [6, 6.07) is 0. The van der Waals surface area contributed by atoms with Crippen molar-refractivity contribution in [2.24, 2.45) is 0 Å². The van der Waals surface area contributed by atoms with Gasteiger partial charge in [-0.3, -0.25) is 0 Å². The van der Waals surface area contributed by atoms with Gasteiger partial charge in [-0.25, -0.2) is 15.0 Å². The standard InChI is InChI=1S/C7H6BrN5/c8-4-1-10-6(11-2-4)5-3-12-7(9)13-5/h1-3H,(H3,9,12,13). The first kappa shape index (κ1) is 8.18. The number of hydrogen-bond acceptors (Lipinski definition) is 4. The Hall–Kier alpha value is -1.43. The van der Waals surface area contributed by atoms with E-state index in [4.69, 9.17) is 5.73 Å². The van der Waals surface area contributed by atoms with Gasteiger partial charge in [-0.2, -0.15) is 0 Å². The molecule has 66 valence electrons. The van der Waals surface area contributed by atoms with Crippen molar-refractivity contribution < 1.29 is 0 Å². The highest BCUT2D eigenvalue weighted by Gasteiger charge is 2.02. The van der Waals surface area contributed by atoms with Gasteiger partial charge in [0.2, 0.25) is 0 Å². The van der Waals surface area contributed by atoms with Crippen LogP contribution in [0.25, 0.3) is 11.5 Å². The van der Waals surface area contributed by atoms with Crippen LogP contribution < -0.4 is 5.73 Å². The van der Waals surface area contributed by atoms with E-state index in [0.717, 1.165) is 4.47 Å². The molecule has 13 heavy (non-hydrogen) atoms. The van der Waals surface area contributed by atoms with Gasteiger partial charge in [0.05, 0.1) is 10.7 Å². The molecule has 0 saturated heterocycles. The summed E-state index contributed by atoms with van der Waals surface area (Å²) in [5.41, 5.74) is 6.13. The van der Waals surface area contributed by atoms with Crippen molar-refractivity contribution in [3.8, 4) is 11.5 Å². The minimum absolute atomic E-state index is 0.363. The third-order valence-electron chi connectivity index (χ3n) is 1.46. The van der Waals surface area contributed by atoms with Crippen LogP contribution in [0.3, 0.4) is 0 Å². The number of halogens is 1. The van der Waals surface area contributed by atoms with Gasteiger partial charge < -0.3 is 10.7 Å². The Morgan fingerprint density at radius 2 is 1.85 bits per heavy atom. The minimum Gasteiger partial charge on any atom is -0.369 e. The molecule has 3 N–H and O–H groups in total. The van der Waals surface area contributed by atoms with Gasteiger partial charge in [0.25, 0.3) is 0 Å². The maximum absolute atomic E-state index is 5.41. The number of anilines is 1. The number of nitrogens with zero attached hydrogens (tertiary/aromatic N) is 3. The second kappa shape index (κ2) is 3.14. The van der Waals surface area contributed by atoms with E-state index >= 15 is 0 Å². The summed E-state index contributed by atoms with van der Waals surface area (Å²) in [6.07, 6.45) is 4.93. The number of hydrogen-bond donors (Lipinski definition) is 2. The van der Waals surface area contributed by atoms with Crippen LogP contribution in [0, 0.1) is 0 Å². The van der Waals surface area contributed by atoms with E-state index in [-0.39, 0.29) is 0 Å². The number of aromatic amines is 1. The fraction of sp³-hybridized carbons (Fsp3) is 0. The van der Waals surface area contributed by atoms with Crippen LogP contribution in [-0.2, 0) is 0 Å². The summed E-state index contributed by atoms with van der Waals surface area (Å²) in [6.45, 7) is 0. The molecule has 0 atom stereocenters. The van der Waals surface area contributed by atoms with Crippen LogP contribution in [0.5, 0.6) is 0 Å². The Kier molecular flexibility index (Phi) is 1.97. The van der Waals surface area contributed by atoms with Gasteiger partial charge in [0.1, 0.15) is 5.69 Å². The molecule has 0 bridgehead atoms. The lowest BCUT2D eigenvalue weighted by Crippen LogP contribution is -1.89. The lowest BCUT2D eigenvalue weighted by molar-refractivity contribution is 1.14. The van der Waals surface area contributed by atoms with Crippen molar-refractivity contribution >= 4 is 21.9 Å². The molecule has 2 aromatic rings. The second-order valence-electron chi connectivity index (χ2n) is 2.41. The number of imidazole rings is 1. The van der Waals surface area contributed by atoms with Crippen LogP contribution in [-0.4, -0.2) is 19.9 Å². The third kappa shape index (κ3) is 1.67. The van der Waals surface area contributed by atoms with E-state index in [9.17, 15) is 0 Å². The van der Waals surface area contributed by atoms with E-state index in [1.807, 2.05) is 0 Å². The topological polar surface area (TPSA) is 80.5 Å². The second-order valence-corrected chi connectivity index (χ2v) is 3.32. The fourth-order valence-electron chi connectivity index (χ4n) is 0.902. The first-order chi connectivity index (χ1) is 6.25. The molecule has 0 unspecified atom stereocenters. The lowest BCUT2D eigenvalue weighted by Gasteiger charge is -1.94. The van der Waals surface area contributed by atoms with Crippen molar-refractivity contribution in [2.45, 2.75) is 0 Å². The zero-order valence-corrected chi connectivity index (χ0v) is 8.12. The van der Waals surface area contributed by atoms with E-state index in [2.05, 4.69) is 35.9 Å². The van der Waals surface area contributed by atoms with Crippen molar-refractivity contribution in [3.05, 3.63) is 23.1 Å². The van der Waals surface area contributed by atoms with Crippen LogP contribution in [0.1, 0.15) is 0 Å². The van der Waals surface area contributed by atoms with Crippen LogP contribution in [0.2, 0.25) is 0 Å². The monoisotopic (exact) mass is 239 g/mol. The summed E-state index contributed by atoms with van der Waals surface area (Å²) in [5, 5.41) is 0. The van der Waals surface area contributed by atoms with Gasteiger partial charge in [0, 0.05) is 12.4 Å². The van der Waals surface area contributed by atoms with Crippen LogP contribution in [0.15, 0.2) is 23.1 Å². The highest BCUT2D eigenvalue weighted by molar-refractivity contribution is 9.10. The smallest absolute Gasteiger partial charge is 0.197 e. The number of nitrogens with one attached hydrogen (secondary N) is 1. The van der Waals surface area contributed by atoms with Crippen molar-refractivity contribution in [1.29, 1.82) is 0 Å². The van der Waals surface area contributed by atoms with E-state index in [0.29, 0.717) is 17.5 Å². The SMILES string of the molecule is Nc1ncc(-c2ncc(Br)cn2)[nH]1. The van der Waals surface area contributed by atoms with E-state index < -0.39 is 0 Å². The van der Waals surface area contributed by atoms with Gasteiger partial charge in [-0.05, 0) is 15.9 Å². The van der Waals surface area contributed by atoms with E-state index in [1.165, 1.54) is 0 Å². The lowest BCUT2D eigenvalue weighted by atomic mass is 10.4. The Morgan fingerprint density at radius 3 is 2.38 bits per heavy atom. The molecule has 2 heterocycles. The van der Waals surface area contributed by atoms with Gasteiger partial charge in [0.15, 0.2) is 11.8 Å². The molecule has 2 aromatic heterocycles. The third-order valence-corrected chi connectivity index (χ3v) is 1.87. The molecule has 6 heteroatoms. The highest BCUT2D eigenvalue weighted by atomic mass is 79.9. The Morgan fingerprint density at radius 1 is 1.15 bits per heavy atom. The zero-order chi connectivity index (χ0) is 9.26. The number of aromatic nitrogens is 4. The molecule has 0 saturated carbocycles. The highest BCUT2D eigenvalue weighted by Crippen LogP contribution is 2.13. The summed E-state index contributed by atoms with van der Waals surface area (Å²) in [5.74, 6) is 0.939. The van der Waals surface area contributed by atoms with Gasteiger partial charge in [-0.15, -0.1) is 0 Å². The normalized spacial score (nSPS) is 10.2. The summed E-state index contributed by atoms with van der Waals surface area (Å²) < 4.78 is 0.837. The Balaban J connectivity index is 2.41. The number of nitrogen functional groups attached to an aromatic ring is 1. The Labute approximate surface area is 82.6 Å². The molecule has 0 fully saturated rings. The molecule has 0 aliphatic carbocycles. The molecular weight excluding hydrogens is 234 g/mol. The van der Waals surface area contributed by atoms with E-state index in [1.54, 1.807) is 18.6 Å². The van der Waals surface area contributed by atoms with Crippen molar-refractivity contribution in [3.63, 3.8) is 0 Å². The Bertz CT molecular complexity index is 407. The first-order valence-electron chi connectivity index (χ1n) is 3.54. The molecule has 0 radical (unpaired) electrons. The molecule has 0 amide bonds. The van der Waals surface area contributed by atoms with Crippen LogP contribution in [0.4, 0.5) is 5.95 Å². The molecule has 0 aliphatic heterocycles. The number of nitrogens with two attached hydrogens (primary N) is 1. The summed E-state index contributed by atoms with van der Waals surface area (Å²) >= 11 is 3.25. The minimum atomic E-state index is 0.363. The number of H-pyrrole nitrogens is 1. The predicted molar refractivity (Wildman–Crippen MR) is 51.7 cm³/mol. The molecular formula is C7H6BrN5. The fourth-order valence-corrected chi connectivity index (χ4v) is 1.11. The molecule has 2 rings (SSSR count). The molecule has 0 aliphatic rings. The quantitative estimate of drug-likeness (QED) is 0.784. The van der Waals surface area contributed by atoms with Crippen molar-refractivity contribution in [2.75, 3.05) is 5.73 Å². The average Bonchev–Trinajstić information content (AvgIpc) is 2.53. The molecule has 0 aromatic carbocycles. The molecule has 5 nitrogen and oxygen atoms in total. The largest absolute Gasteiger partial charge is 0.369 e. The zero-order valence-electron chi connectivity index (χ0n) is 6.53. The maximum atomic E-state index is 5.41. The first-order valence-corrected chi connectivity index (χ1v) is 4.33. The summed E-state index contributed by atoms with van der Waals surface area (Å²) in [7, 11) is 0. The molecule has 0 spiro atoms.